The number of rotatable bonds is 4. The molecule has 2 aliphatic rings. The van der Waals surface area contributed by atoms with Crippen molar-refractivity contribution in [2.45, 2.75) is 62.3 Å². The van der Waals surface area contributed by atoms with Gasteiger partial charge in [0.2, 0.25) is 0 Å². The highest BCUT2D eigenvalue weighted by Gasteiger charge is 2.48. The molecule has 1 N–H and O–H groups in total. The number of sulfone groups is 1. The van der Waals surface area contributed by atoms with E-state index in [1.54, 1.807) is 0 Å². The monoisotopic (exact) mass is 307 g/mol. The van der Waals surface area contributed by atoms with Crippen molar-refractivity contribution >= 4 is 9.84 Å². The van der Waals surface area contributed by atoms with Crippen LogP contribution in [0.3, 0.4) is 0 Å². The predicted molar refractivity (Wildman–Crippen MR) is 85.9 cm³/mol. The molecule has 0 radical (unpaired) electrons. The van der Waals surface area contributed by atoms with E-state index in [-0.39, 0.29) is 10.8 Å². The van der Waals surface area contributed by atoms with E-state index >= 15 is 0 Å². The van der Waals surface area contributed by atoms with Crippen LogP contribution in [-0.2, 0) is 16.4 Å². The zero-order chi connectivity index (χ0) is 14.8. The van der Waals surface area contributed by atoms with Crippen molar-refractivity contribution in [1.82, 2.24) is 5.32 Å². The number of benzene rings is 1. The molecule has 21 heavy (non-hydrogen) atoms. The molecule has 0 spiro atoms. The summed E-state index contributed by atoms with van der Waals surface area (Å²) in [5.74, 6) is 0.381. The van der Waals surface area contributed by atoms with Gasteiger partial charge in [0.05, 0.1) is 11.0 Å². The fraction of sp³-hybridized carbons (Fsp3) is 0.647. The predicted octanol–water partition coefficient (Wildman–Crippen LogP) is 3.06. The zero-order valence-electron chi connectivity index (χ0n) is 12.6. The Hall–Kier alpha value is -0.870. The largest absolute Gasteiger partial charge is 0.306 e. The minimum Gasteiger partial charge on any atom is -0.306 e. The summed E-state index contributed by atoms with van der Waals surface area (Å²) >= 11 is 0. The van der Waals surface area contributed by atoms with Crippen molar-refractivity contribution in [1.29, 1.82) is 0 Å². The average molecular weight is 307 g/mol. The molecule has 4 heteroatoms. The van der Waals surface area contributed by atoms with E-state index in [0.29, 0.717) is 5.75 Å². The molecule has 1 heterocycles. The fourth-order valence-corrected chi connectivity index (χ4v) is 6.47. The Morgan fingerprint density at radius 1 is 1.05 bits per heavy atom. The highest BCUT2D eigenvalue weighted by atomic mass is 32.2. The van der Waals surface area contributed by atoms with Gasteiger partial charge in [0, 0.05) is 12.1 Å². The maximum absolute atomic E-state index is 12.4. The van der Waals surface area contributed by atoms with E-state index in [0.717, 1.165) is 45.1 Å². The zero-order valence-corrected chi connectivity index (χ0v) is 13.4. The molecule has 0 amide bonds. The van der Waals surface area contributed by atoms with E-state index < -0.39 is 9.84 Å². The van der Waals surface area contributed by atoms with Crippen LogP contribution in [-0.4, -0.2) is 25.0 Å². The van der Waals surface area contributed by atoms with Crippen molar-refractivity contribution < 1.29 is 8.42 Å². The van der Waals surface area contributed by atoms with Crippen LogP contribution in [0.1, 0.15) is 50.5 Å². The first-order valence-corrected chi connectivity index (χ1v) is 9.84. The lowest BCUT2D eigenvalue weighted by Gasteiger charge is -2.42. The fourth-order valence-electron chi connectivity index (χ4n) is 4.08. The van der Waals surface area contributed by atoms with Gasteiger partial charge in [-0.25, -0.2) is 8.42 Å². The molecule has 1 saturated carbocycles. The van der Waals surface area contributed by atoms with E-state index in [4.69, 9.17) is 0 Å². The molecular formula is C17H25NO2S. The van der Waals surface area contributed by atoms with Crippen LogP contribution < -0.4 is 5.32 Å². The average Bonchev–Trinajstić information content (AvgIpc) is 2.87. The van der Waals surface area contributed by atoms with Crippen LogP contribution in [0.25, 0.3) is 0 Å². The lowest BCUT2D eigenvalue weighted by atomic mass is 9.77. The van der Waals surface area contributed by atoms with Crippen LogP contribution >= 0.6 is 0 Å². The van der Waals surface area contributed by atoms with Crippen LogP contribution in [0.2, 0.25) is 0 Å². The summed E-state index contributed by atoms with van der Waals surface area (Å²) < 4.78 is 24.9. The lowest BCUT2D eigenvalue weighted by Crippen LogP contribution is -2.56. The summed E-state index contributed by atoms with van der Waals surface area (Å²) in [6, 6.07) is 10.3. The van der Waals surface area contributed by atoms with Crippen LogP contribution in [0.15, 0.2) is 30.3 Å². The molecule has 1 atom stereocenters. The first-order valence-electron chi connectivity index (χ1n) is 8.13. The second kappa shape index (κ2) is 6.09. The third-order valence-electron chi connectivity index (χ3n) is 5.18. The number of hydrogen-bond donors (Lipinski definition) is 1. The van der Waals surface area contributed by atoms with Gasteiger partial charge >= 0.3 is 0 Å². The maximum atomic E-state index is 12.4. The van der Waals surface area contributed by atoms with E-state index in [9.17, 15) is 8.42 Å². The molecule has 1 aromatic rings. The third kappa shape index (κ3) is 3.16. The van der Waals surface area contributed by atoms with Gasteiger partial charge in [0.15, 0.2) is 9.84 Å². The van der Waals surface area contributed by atoms with Crippen LogP contribution in [0.4, 0.5) is 0 Å². The molecule has 116 valence electrons. The van der Waals surface area contributed by atoms with Crippen molar-refractivity contribution in [3.63, 3.8) is 0 Å². The molecule has 0 bridgehead atoms. The SMILES string of the molecule is O=S1(=O)CCCC1C1(NCc2ccccc2)CCCCC1. The summed E-state index contributed by atoms with van der Waals surface area (Å²) in [6.45, 7) is 0.771. The molecule has 2 fully saturated rings. The van der Waals surface area contributed by atoms with Crippen molar-refractivity contribution in [2.75, 3.05) is 5.75 Å². The Kier molecular flexibility index (Phi) is 4.36. The summed E-state index contributed by atoms with van der Waals surface area (Å²) in [5.41, 5.74) is 1.04. The smallest absolute Gasteiger partial charge is 0.154 e. The molecular weight excluding hydrogens is 282 g/mol. The first kappa shape index (κ1) is 15.0. The van der Waals surface area contributed by atoms with Crippen LogP contribution in [0, 0.1) is 0 Å². The van der Waals surface area contributed by atoms with Crippen molar-refractivity contribution in [3.05, 3.63) is 35.9 Å². The standard InChI is InChI=1S/C17H25NO2S/c19-21(20)13-7-10-16(21)17(11-5-2-6-12-17)18-14-15-8-3-1-4-9-15/h1,3-4,8-9,16,18H,2,5-7,10-14H2. The van der Waals surface area contributed by atoms with Gasteiger partial charge in [0.25, 0.3) is 0 Å². The molecule has 0 aromatic heterocycles. The summed E-state index contributed by atoms with van der Waals surface area (Å²) in [5, 5.41) is 3.50. The van der Waals surface area contributed by atoms with E-state index in [1.165, 1.54) is 12.0 Å². The highest BCUT2D eigenvalue weighted by Crippen LogP contribution is 2.39. The second-order valence-corrected chi connectivity index (χ2v) is 8.86. The molecule has 1 unspecified atom stereocenters. The molecule has 1 aliphatic heterocycles. The van der Waals surface area contributed by atoms with E-state index in [1.807, 2.05) is 18.2 Å². The Balaban J connectivity index is 1.80. The van der Waals surface area contributed by atoms with Crippen molar-refractivity contribution in [3.8, 4) is 0 Å². The van der Waals surface area contributed by atoms with Crippen molar-refractivity contribution in [2.24, 2.45) is 0 Å². The number of nitrogens with one attached hydrogen (secondary N) is 1. The van der Waals surface area contributed by atoms with Crippen LogP contribution in [0.5, 0.6) is 0 Å². The topological polar surface area (TPSA) is 46.2 Å². The maximum Gasteiger partial charge on any atom is 0.154 e. The molecule has 1 aromatic carbocycles. The van der Waals surface area contributed by atoms with Gasteiger partial charge in [0.1, 0.15) is 0 Å². The molecule has 3 nitrogen and oxygen atoms in total. The second-order valence-electron chi connectivity index (χ2n) is 6.55. The quantitative estimate of drug-likeness (QED) is 0.930. The van der Waals surface area contributed by atoms with Gasteiger partial charge in [-0.05, 0) is 31.2 Å². The van der Waals surface area contributed by atoms with Gasteiger partial charge in [-0.2, -0.15) is 0 Å². The van der Waals surface area contributed by atoms with Gasteiger partial charge in [-0.15, -0.1) is 0 Å². The molecule has 1 aliphatic carbocycles. The van der Waals surface area contributed by atoms with Gasteiger partial charge in [-0.3, -0.25) is 0 Å². The normalized spacial score (nSPS) is 27.5. The molecule has 1 saturated heterocycles. The highest BCUT2D eigenvalue weighted by molar-refractivity contribution is 7.92. The Morgan fingerprint density at radius 3 is 2.38 bits per heavy atom. The lowest BCUT2D eigenvalue weighted by molar-refractivity contribution is 0.215. The minimum absolute atomic E-state index is 0.172. The minimum atomic E-state index is -2.91. The third-order valence-corrected chi connectivity index (χ3v) is 7.59. The summed E-state index contributed by atoms with van der Waals surface area (Å²) in [4.78, 5) is 0. The number of hydrogen-bond acceptors (Lipinski definition) is 3. The summed E-state index contributed by atoms with van der Waals surface area (Å²) in [6.07, 6.45) is 7.21. The Labute approximate surface area is 128 Å². The Morgan fingerprint density at radius 2 is 1.76 bits per heavy atom. The molecule has 3 rings (SSSR count). The van der Waals surface area contributed by atoms with Gasteiger partial charge < -0.3 is 5.32 Å². The van der Waals surface area contributed by atoms with Gasteiger partial charge in [-0.1, -0.05) is 49.6 Å². The first-order chi connectivity index (χ1) is 10.1. The Bertz CT molecular complexity index is 562. The summed E-state index contributed by atoms with van der Waals surface area (Å²) in [7, 11) is -2.91. The van der Waals surface area contributed by atoms with E-state index in [2.05, 4.69) is 17.4 Å².